The molecule has 0 amide bonds. The lowest BCUT2D eigenvalue weighted by Crippen LogP contribution is -2.58. The van der Waals surface area contributed by atoms with E-state index >= 15 is 0 Å². The molecule has 0 bridgehead atoms. The van der Waals surface area contributed by atoms with Crippen LogP contribution in [0.5, 0.6) is 0 Å². The Hall–Kier alpha value is -0.630. The van der Waals surface area contributed by atoms with Gasteiger partial charge in [0.15, 0.2) is 5.78 Å². The molecule has 0 saturated heterocycles. The molecule has 5 fully saturated rings. The predicted octanol–water partition coefficient (Wildman–Crippen LogP) is 5.86. The second kappa shape index (κ2) is 5.34. The first kappa shape index (κ1) is 19.3. The SMILES string of the molecule is C/C=C1/C(=O)C[C@@]2(C)[C@H]3CC[C@H]4C(C)(C)[C@H](N(C)C)CC[C@]45C[C@]35CC[C@]12C. The van der Waals surface area contributed by atoms with Crippen LogP contribution >= 0.6 is 0 Å². The molecule has 0 heterocycles. The van der Waals surface area contributed by atoms with Crippen molar-refractivity contribution in [1.82, 2.24) is 4.90 Å². The first-order valence-corrected chi connectivity index (χ1v) is 11.9. The van der Waals surface area contributed by atoms with E-state index in [9.17, 15) is 4.79 Å². The number of Topliss-reactive ketones (excluding diaryl/α,β-unsaturated/α-hetero) is 1. The van der Waals surface area contributed by atoms with E-state index in [0.29, 0.717) is 28.1 Å². The van der Waals surface area contributed by atoms with E-state index in [1.54, 1.807) is 0 Å². The van der Waals surface area contributed by atoms with Gasteiger partial charge in [-0.1, -0.05) is 33.8 Å². The van der Waals surface area contributed by atoms with Crippen LogP contribution in [0.3, 0.4) is 0 Å². The second-order valence-electron chi connectivity index (χ2n) is 12.6. The Bertz CT molecular complexity index is 764. The molecule has 5 rings (SSSR count). The third-order valence-corrected chi connectivity index (χ3v) is 11.6. The molecule has 0 N–H and O–H groups in total. The quantitative estimate of drug-likeness (QED) is 0.528. The van der Waals surface area contributed by atoms with E-state index in [2.05, 4.69) is 59.7 Å². The number of hydrogen-bond donors (Lipinski definition) is 0. The normalized spacial score (nSPS) is 55.5. The monoisotopic (exact) mass is 383 g/mol. The summed E-state index contributed by atoms with van der Waals surface area (Å²) in [5.74, 6) is 2.07. The van der Waals surface area contributed by atoms with Gasteiger partial charge in [-0.05, 0) is 105 Å². The summed E-state index contributed by atoms with van der Waals surface area (Å²) in [6.07, 6.45) is 12.6. The molecule has 28 heavy (non-hydrogen) atoms. The Morgan fingerprint density at radius 1 is 0.929 bits per heavy atom. The Labute approximate surface area is 172 Å². The van der Waals surface area contributed by atoms with Gasteiger partial charge in [-0.3, -0.25) is 4.79 Å². The van der Waals surface area contributed by atoms with Crippen LogP contribution in [-0.2, 0) is 4.79 Å². The summed E-state index contributed by atoms with van der Waals surface area (Å²) >= 11 is 0. The fourth-order valence-electron chi connectivity index (χ4n) is 10.4. The number of ketones is 1. The average molecular weight is 384 g/mol. The van der Waals surface area contributed by atoms with Gasteiger partial charge in [-0.15, -0.1) is 0 Å². The lowest BCUT2D eigenvalue weighted by Gasteiger charge is -2.63. The van der Waals surface area contributed by atoms with Crippen molar-refractivity contribution in [3.8, 4) is 0 Å². The third-order valence-electron chi connectivity index (χ3n) is 11.6. The molecule has 0 aromatic heterocycles. The molecule has 0 aromatic rings. The van der Waals surface area contributed by atoms with Gasteiger partial charge >= 0.3 is 0 Å². The summed E-state index contributed by atoms with van der Waals surface area (Å²) in [4.78, 5) is 15.5. The fraction of sp³-hybridized carbons (Fsp3) is 0.885. The molecule has 5 saturated carbocycles. The summed E-state index contributed by atoms with van der Waals surface area (Å²) in [6, 6.07) is 0.712. The van der Waals surface area contributed by atoms with Gasteiger partial charge in [0.05, 0.1) is 0 Å². The van der Waals surface area contributed by atoms with Crippen LogP contribution in [0.2, 0.25) is 0 Å². The first-order chi connectivity index (χ1) is 13.0. The molecule has 5 aliphatic rings. The molecule has 2 spiro atoms. The van der Waals surface area contributed by atoms with Crippen molar-refractivity contribution in [2.75, 3.05) is 14.1 Å². The number of carbonyl (C=O) groups excluding carboxylic acids is 1. The van der Waals surface area contributed by atoms with Crippen molar-refractivity contribution < 1.29 is 4.79 Å². The fourth-order valence-corrected chi connectivity index (χ4v) is 10.4. The molecule has 2 heteroatoms. The summed E-state index contributed by atoms with van der Waals surface area (Å²) in [5.41, 5.74) is 2.99. The maximum absolute atomic E-state index is 13.0. The molecule has 7 atom stereocenters. The number of hydrogen-bond acceptors (Lipinski definition) is 2. The summed E-state index contributed by atoms with van der Waals surface area (Å²) < 4.78 is 0. The van der Waals surface area contributed by atoms with Crippen LogP contribution in [0, 0.1) is 38.9 Å². The van der Waals surface area contributed by atoms with Gasteiger partial charge in [-0.2, -0.15) is 0 Å². The van der Waals surface area contributed by atoms with Crippen molar-refractivity contribution >= 4 is 5.78 Å². The highest BCUT2D eigenvalue weighted by atomic mass is 16.1. The van der Waals surface area contributed by atoms with Crippen LogP contribution in [0.25, 0.3) is 0 Å². The van der Waals surface area contributed by atoms with Gasteiger partial charge in [0.25, 0.3) is 0 Å². The van der Waals surface area contributed by atoms with E-state index in [1.165, 1.54) is 50.5 Å². The van der Waals surface area contributed by atoms with Gasteiger partial charge < -0.3 is 4.90 Å². The summed E-state index contributed by atoms with van der Waals surface area (Å²) in [5, 5.41) is 0. The minimum absolute atomic E-state index is 0.113. The Morgan fingerprint density at radius 3 is 2.21 bits per heavy atom. The minimum Gasteiger partial charge on any atom is -0.306 e. The third kappa shape index (κ3) is 1.84. The molecule has 0 aromatic carbocycles. The molecule has 0 radical (unpaired) electrons. The van der Waals surface area contributed by atoms with E-state index < -0.39 is 0 Å². The van der Waals surface area contributed by atoms with Gasteiger partial charge in [-0.25, -0.2) is 0 Å². The topological polar surface area (TPSA) is 20.3 Å². The van der Waals surface area contributed by atoms with Crippen LogP contribution < -0.4 is 0 Å². The van der Waals surface area contributed by atoms with E-state index in [4.69, 9.17) is 0 Å². The Morgan fingerprint density at radius 2 is 1.57 bits per heavy atom. The molecule has 0 aliphatic heterocycles. The van der Waals surface area contributed by atoms with E-state index in [1.807, 2.05) is 0 Å². The maximum atomic E-state index is 13.0. The smallest absolute Gasteiger partial charge is 0.159 e. The Balaban J connectivity index is 1.55. The lowest BCUT2D eigenvalue weighted by molar-refractivity contribution is -0.136. The van der Waals surface area contributed by atoms with Gasteiger partial charge in [0.1, 0.15) is 0 Å². The summed E-state index contributed by atoms with van der Waals surface area (Å²) in [7, 11) is 4.57. The zero-order valence-corrected chi connectivity index (χ0v) is 19.3. The van der Waals surface area contributed by atoms with Crippen molar-refractivity contribution in [3.63, 3.8) is 0 Å². The maximum Gasteiger partial charge on any atom is 0.159 e. The number of carbonyl (C=O) groups is 1. The van der Waals surface area contributed by atoms with E-state index in [-0.39, 0.29) is 10.8 Å². The van der Waals surface area contributed by atoms with Crippen molar-refractivity contribution in [1.29, 1.82) is 0 Å². The van der Waals surface area contributed by atoms with Crippen molar-refractivity contribution in [3.05, 3.63) is 11.6 Å². The number of nitrogens with zero attached hydrogens (tertiary/aromatic N) is 1. The number of allylic oxidation sites excluding steroid dienone is 2. The van der Waals surface area contributed by atoms with E-state index in [0.717, 1.165) is 18.3 Å². The number of fused-ring (bicyclic) bond motifs is 2. The predicted molar refractivity (Wildman–Crippen MR) is 115 cm³/mol. The number of rotatable bonds is 1. The molecule has 0 unspecified atom stereocenters. The highest BCUT2D eigenvalue weighted by molar-refractivity contribution is 6.00. The molecule has 5 aliphatic carbocycles. The second-order valence-corrected chi connectivity index (χ2v) is 12.6. The zero-order valence-electron chi connectivity index (χ0n) is 19.3. The first-order valence-electron chi connectivity index (χ1n) is 11.9. The lowest BCUT2D eigenvalue weighted by atomic mass is 9.42. The summed E-state index contributed by atoms with van der Waals surface area (Å²) in [6.45, 7) is 12.2. The molecule has 2 nitrogen and oxygen atoms in total. The molecular formula is C26H41NO. The minimum atomic E-state index is 0.113. The van der Waals surface area contributed by atoms with Crippen molar-refractivity contribution in [2.45, 2.75) is 92.0 Å². The van der Waals surface area contributed by atoms with Crippen LogP contribution in [0.1, 0.15) is 86.0 Å². The Kier molecular flexibility index (Phi) is 3.69. The highest BCUT2D eigenvalue weighted by Gasteiger charge is 2.82. The van der Waals surface area contributed by atoms with Crippen molar-refractivity contribution in [2.24, 2.45) is 38.9 Å². The van der Waals surface area contributed by atoms with Crippen LogP contribution in [0.15, 0.2) is 11.6 Å². The zero-order chi connectivity index (χ0) is 20.3. The van der Waals surface area contributed by atoms with Crippen LogP contribution in [-0.4, -0.2) is 30.8 Å². The molecule has 156 valence electrons. The van der Waals surface area contributed by atoms with Crippen LogP contribution in [0.4, 0.5) is 0 Å². The average Bonchev–Trinajstić information content (AvgIpc) is 3.20. The standard InChI is InChI=1S/C26H41NO/c1-8-17-18(28)15-24(5)20-10-9-19-22(2,3)21(27(6)7)11-12-25(19)16-26(20,25)14-13-23(17,24)4/h8,19-21H,9-16H2,1-7H3/b17-8-/t19-,20+,21+,23+,24-,25-,26+/m0/s1. The van der Waals surface area contributed by atoms with Gasteiger partial charge in [0, 0.05) is 17.9 Å². The highest BCUT2D eigenvalue weighted by Crippen LogP contribution is 2.88. The largest absolute Gasteiger partial charge is 0.306 e. The van der Waals surface area contributed by atoms with Gasteiger partial charge in [0.2, 0.25) is 0 Å². The molecular weight excluding hydrogens is 342 g/mol.